The summed E-state index contributed by atoms with van der Waals surface area (Å²) in [5, 5.41) is 4.58. The molecule has 1 aliphatic heterocycles. The number of hydrogen-bond acceptors (Lipinski definition) is 7. The summed E-state index contributed by atoms with van der Waals surface area (Å²) in [6.07, 6.45) is 3.35. The molecule has 150 valence electrons. The van der Waals surface area contributed by atoms with Gasteiger partial charge in [-0.3, -0.25) is 4.98 Å². The number of aromatic nitrogens is 4. The Kier molecular flexibility index (Phi) is 5.37. The molecule has 1 aromatic carbocycles. The highest BCUT2D eigenvalue weighted by atomic mass is 79.9. The average Bonchev–Trinajstić information content (AvgIpc) is 2.79. The molecule has 0 bridgehead atoms. The van der Waals surface area contributed by atoms with E-state index in [-0.39, 0.29) is 0 Å². The Hall–Kier alpha value is -2.55. The first-order valence-electron chi connectivity index (χ1n) is 9.65. The van der Waals surface area contributed by atoms with Crippen molar-refractivity contribution >= 4 is 44.5 Å². The number of rotatable bonds is 3. The zero-order valence-electron chi connectivity index (χ0n) is 16.0. The summed E-state index contributed by atoms with van der Waals surface area (Å²) >= 11 is 5.50. The number of nitrogen functional groups attached to an aromatic ring is 1. The van der Waals surface area contributed by atoms with Crippen LogP contribution in [-0.4, -0.2) is 38.8 Å². The first-order chi connectivity index (χ1) is 14.7. The van der Waals surface area contributed by atoms with Crippen molar-refractivity contribution in [2.75, 3.05) is 24.6 Å². The van der Waals surface area contributed by atoms with Crippen molar-refractivity contribution in [1.82, 2.24) is 25.3 Å². The second kappa shape index (κ2) is 8.29. The minimum Gasteiger partial charge on any atom is -0.383 e. The van der Waals surface area contributed by atoms with Crippen LogP contribution in [0.3, 0.4) is 0 Å². The van der Waals surface area contributed by atoms with Gasteiger partial charge in [0.2, 0.25) is 0 Å². The van der Waals surface area contributed by atoms with Gasteiger partial charge < -0.3 is 11.1 Å². The van der Waals surface area contributed by atoms with E-state index in [9.17, 15) is 0 Å². The third-order valence-corrected chi connectivity index (χ3v) is 6.85. The Labute approximate surface area is 186 Å². The van der Waals surface area contributed by atoms with Gasteiger partial charge in [0.25, 0.3) is 0 Å². The van der Waals surface area contributed by atoms with Gasteiger partial charge in [0, 0.05) is 35.1 Å². The molecule has 3 N–H and O–H groups in total. The van der Waals surface area contributed by atoms with Crippen LogP contribution in [0, 0.1) is 0 Å². The Morgan fingerprint density at radius 3 is 2.77 bits per heavy atom. The van der Waals surface area contributed by atoms with E-state index in [4.69, 9.17) is 15.7 Å². The van der Waals surface area contributed by atoms with Gasteiger partial charge in [-0.05, 0) is 41.5 Å². The number of benzene rings is 1. The highest BCUT2D eigenvalue weighted by molar-refractivity contribution is 9.10. The summed E-state index contributed by atoms with van der Waals surface area (Å²) in [4.78, 5) is 18.0. The Morgan fingerprint density at radius 1 is 1.07 bits per heavy atom. The first kappa shape index (κ1) is 19.4. The topological polar surface area (TPSA) is 89.6 Å². The lowest BCUT2D eigenvalue weighted by Gasteiger charge is -2.21. The van der Waals surface area contributed by atoms with Crippen molar-refractivity contribution in [2.45, 2.75) is 5.25 Å². The van der Waals surface area contributed by atoms with Gasteiger partial charge in [0.15, 0.2) is 5.65 Å². The normalized spacial score (nSPS) is 16.6. The molecule has 1 atom stereocenters. The molecule has 0 saturated carbocycles. The van der Waals surface area contributed by atoms with Gasteiger partial charge in [0.1, 0.15) is 12.1 Å². The van der Waals surface area contributed by atoms with Crippen molar-refractivity contribution in [1.29, 1.82) is 0 Å². The fraction of sp³-hybridized carbons (Fsp3) is 0.182. The number of hydrogen-bond donors (Lipinski definition) is 2. The molecule has 6 nitrogen and oxygen atoms in total. The smallest absolute Gasteiger partial charge is 0.165 e. The molecule has 0 radical (unpaired) electrons. The fourth-order valence-electron chi connectivity index (χ4n) is 3.62. The maximum Gasteiger partial charge on any atom is 0.165 e. The molecule has 0 aliphatic carbocycles. The number of fused-ring (bicyclic) bond motifs is 1. The molecule has 1 unspecified atom stereocenters. The van der Waals surface area contributed by atoms with Crippen LogP contribution < -0.4 is 11.1 Å². The van der Waals surface area contributed by atoms with E-state index in [0.29, 0.717) is 16.7 Å². The Morgan fingerprint density at radius 2 is 2.00 bits per heavy atom. The summed E-state index contributed by atoms with van der Waals surface area (Å²) in [5.41, 5.74) is 11.6. The first-order valence-corrected chi connectivity index (χ1v) is 11.5. The third-order valence-electron chi connectivity index (χ3n) is 5.11. The molecular weight excluding hydrogens is 460 g/mol. The van der Waals surface area contributed by atoms with Crippen LogP contribution in [0.1, 0.15) is 10.9 Å². The molecule has 8 heteroatoms. The number of nitrogens with two attached hydrogens (primary N) is 1. The summed E-state index contributed by atoms with van der Waals surface area (Å²) < 4.78 is 0.992. The number of halogens is 1. The SMILES string of the molecule is Nc1ncnc2nc(-c3ccc(C4CNCCS4)nc3)cc(-c3cccc(Br)c3)c12. The lowest BCUT2D eigenvalue weighted by molar-refractivity contribution is 0.680. The van der Waals surface area contributed by atoms with Crippen LogP contribution in [0.25, 0.3) is 33.4 Å². The molecule has 5 rings (SSSR count). The molecule has 1 fully saturated rings. The second-order valence-corrected chi connectivity index (χ2v) is 9.28. The van der Waals surface area contributed by atoms with Crippen LogP contribution in [0.4, 0.5) is 5.82 Å². The maximum absolute atomic E-state index is 6.20. The highest BCUT2D eigenvalue weighted by Gasteiger charge is 2.18. The molecule has 1 aliphatic rings. The number of nitrogens with zero attached hydrogens (tertiary/aromatic N) is 4. The van der Waals surface area contributed by atoms with Crippen LogP contribution in [0.2, 0.25) is 0 Å². The van der Waals surface area contributed by atoms with Crippen LogP contribution in [0.5, 0.6) is 0 Å². The minimum absolute atomic E-state index is 0.391. The van der Waals surface area contributed by atoms with Crippen LogP contribution in [-0.2, 0) is 0 Å². The molecule has 3 aromatic heterocycles. The predicted octanol–water partition coefficient (Wildman–Crippen LogP) is 4.48. The number of nitrogens with one attached hydrogen (secondary N) is 1. The maximum atomic E-state index is 6.20. The van der Waals surface area contributed by atoms with Crippen LogP contribution >= 0.6 is 27.7 Å². The Bertz CT molecular complexity index is 1210. The van der Waals surface area contributed by atoms with E-state index in [1.807, 2.05) is 42.2 Å². The summed E-state index contributed by atoms with van der Waals surface area (Å²) in [5.74, 6) is 1.53. The quantitative estimate of drug-likeness (QED) is 0.448. The number of anilines is 1. The van der Waals surface area contributed by atoms with Crippen molar-refractivity contribution in [2.24, 2.45) is 0 Å². The van der Waals surface area contributed by atoms with Gasteiger partial charge in [-0.2, -0.15) is 0 Å². The van der Waals surface area contributed by atoms with E-state index in [1.54, 1.807) is 0 Å². The largest absolute Gasteiger partial charge is 0.383 e. The van der Waals surface area contributed by atoms with Gasteiger partial charge in [0.05, 0.1) is 22.0 Å². The zero-order valence-corrected chi connectivity index (χ0v) is 18.4. The van der Waals surface area contributed by atoms with Gasteiger partial charge in [-0.15, -0.1) is 11.8 Å². The van der Waals surface area contributed by atoms with E-state index >= 15 is 0 Å². The summed E-state index contributed by atoms with van der Waals surface area (Å²) in [6.45, 7) is 2.01. The summed E-state index contributed by atoms with van der Waals surface area (Å²) in [6, 6.07) is 14.3. The number of thioether (sulfide) groups is 1. The Balaban J connectivity index is 1.61. The highest BCUT2D eigenvalue weighted by Crippen LogP contribution is 2.35. The molecule has 4 heterocycles. The van der Waals surface area contributed by atoms with E-state index in [1.165, 1.54) is 6.33 Å². The lowest BCUT2D eigenvalue weighted by atomic mass is 10.00. The second-order valence-electron chi connectivity index (χ2n) is 7.06. The molecule has 30 heavy (non-hydrogen) atoms. The molecule has 1 saturated heterocycles. The molecular formula is C22H19BrN6S. The minimum atomic E-state index is 0.391. The van der Waals surface area contributed by atoms with Gasteiger partial charge >= 0.3 is 0 Å². The molecule has 0 spiro atoms. The lowest BCUT2D eigenvalue weighted by Crippen LogP contribution is -2.28. The predicted molar refractivity (Wildman–Crippen MR) is 126 cm³/mol. The van der Waals surface area contributed by atoms with E-state index < -0.39 is 0 Å². The number of pyridine rings is 2. The van der Waals surface area contributed by atoms with Crippen molar-refractivity contribution in [3.8, 4) is 22.4 Å². The summed E-state index contributed by atoms with van der Waals surface area (Å²) in [7, 11) is 0. The molecule has 0 amide bonds. The average molecular weight is 479 g/mol. The van der Waals surface area contributed by atoms with E-state index in [0.717, 1.165) is 56.8 Å². The van der Waals surface area contributed by atoms with Gasteiger partial charge in [-0.25, -0.2) is 15.0 Å². The van der Waals surface area contributed by atoms with Gasteiger partial charge in [-0.1, -0.05) is 28.1 Å². The zero-order chi connectivity index (χ0) is 20.5. The molecule has 4 aromatic rings. The third kappa shape index (κ3) is 3.78. The van der Waals surface area contributed by atoms with Crippen molar-refractivity contribution in [3.63, 3.8) is 0 Å². The standard InChI is InChI=1S/C22H19BrN6S/c23-15-3-1-2-13(8-15)16-9-18(29-22-20(16)21(24)27-12-28-22)14-4-5-17(26-10-14)19-11-25-6-7-30-19/h1-5,8-10,12,19,25H,6-7,11H2,(H2,24,27,28,29). The van der Waals surface area contributed by atoms with Crippen LogP contribution in [0.15, 0.2) is 59.5 Å². The monoisotopic (exact) mass is 478 g/mol. The van der Waals surface area contributed by atoms with E-state index in [2.05, 4.69) is 49.4 Å². The van der Waals surface area contributed by atoms with Crippen molar-refractivity contribution < 1.29 is 0 Å². The fourth-order valence-corrected chi connectivity index (χ4v) is 5.11. The van der Waals surface area contributed by atoms with Crippen molar-refractivity contribution in [3.05, 3.63) is 65.2 Å².